The molecule has 0 unspecified atom stereocenters. The normalized spacial score (nSPS) is 18.5. The molecule has 1 aliphatic rings. The summed E-state index contributed by atoms with van der Waals surface area (Å²) < 4.78 is 13.5. The smallest absolute Gasteiger partial charge is 0.129 e. The first kappa shape index (κ1) is 12.3. The third-order valence-corrected chi connectivity index (χ3v) is 3.38. The molecule has 0 spiro atoms. The summed E-state index contributed by atoms with van der Waals surface area (Å²) in [6.07, 6.45) is 2.26. The van der Waals surface area contributed by atoms with Crippen LogP contribution in [0.1, 0.15) is 18.4 Å². The van der Waals surface area contributed by atoms with Crippen LogP contribution >= 0.6 is 0 Å². The lowest BCUT2D eigenvalue weighted by molar-refractivity contribution is 0.233. The number of nitrogens with one attached hydrogen (secondary N) is 1. The zero-order valence-electron chi connectivity index (χ0n) is 10.2. The second-order valence-corrected chi connectivity index (χ2v) is 4.81. The fraction of sp³-hybridized carbons (Fsp3) is 0.538. The zero-order valence-corrected chi connectivity index (χ0v) is 10.2. The molecule has 4 heteroatoms. The number of likely N-dealkylation sites (tertiary alicyclic amines) is 1. The molecule has 0 atom stereocenters. The Morgan fingerprint density at radius 3 is 2.76 bits per heavy atom. The average molecular weight is 237 g/mol. The van der Waals surface area contributed by atoms with Crippen LogP contribution in [0.5, 0.6) is 0 Å². The molecule has 3 nitrogen and oxygen atoms in total. The van der Waals surface area contributed by atoms with E-state index in [-0.39, 0.29) is 5.82 Å². The van der Waals surface area contributed by atoms with Crippen LogP contribution in [0.3, 0.4) is 0 Å². The predicted octanol–water partition coefficient (Wildman–Crippen LogP) is 1.59. The van der Waals surface area contributed by atoms with E-state index < -0.39 is 0 Å². The van der Waals surface area contributed by atoms with Gasteiger partial charge in [-0.05, 0) is 45.1 Å². The third-order valence-electron chi connectivity index (χ3n) is 3.38. The topological polar surface area (TPSA) is 41.3 Å². The second-order valence-electron chi connectivity index (χ2n) is 4.81. The summed E-state index contributed by atoms with van der Waals surface area (Å²) in [6.45, 7) is 2.81. The van der Waals surface area contributed by atoms with E-state index in [0.717, 1.165) is 25.9 Å². The number of anilines is 1. The largest absolute Gasteiger partial charge is 0.399 e. The SMILES string of the molecule is CN1CCC(NCc2ccc(N)cc2F)CC1. The van der Waals surface area contributed by atoms with Gasteiger partial charge in [0.05, 0.1) is 0 Å². The Hall–Kier alpha value is -1.13. The maximum Gasteiger partial charge on any atom is 0.129 e. The van der Waals surface area contributed by atoms with Crippen molar-refractivity contribution < 1.29 is 4.39 Å². The molecule has 1 aromatic carbocycles. The van der Waals surface area contributed by atoms with Gasteiger partial charge >= 0.3 is 0 Å². The number of rotatable bonds is 3. The van der Waals surface area contributed by atoms with Crippen molar-refractivity contribution in [3.63, 3.8) is 0 Å². The molecule has 0 radical (unpaired) electrons. The van der Waals surface area contributed by atoms with Crippen LogP contribution in [0.25, 0.3) is 0 Å². The van der Waals surface area contributed by atoms with E-state index in [9.17, 15) is 4.39 Å². The van der Waals surface area contributed by atoms with Crippen molar-refractivity contribution in [1.82, 2.24) is 10.2 Å². The van der Waals surface area contributed by atoms with Gasteiger partial charge in [0.25, 0.3) is 0 Å². The van der Waals surface area contributed by atoms with Crippen LogP contribution in [0, 0.1) is 5.82 Å². The fourth-order valence-electron chi connectivity index (χ4n) is 2.17. The van der Waals surface area contributed by atoms with E-state index in [2.05, 4.69) is 17.3 Å². The number of halogens is 1. The minimum absolute atomic E-state index is 0.217. The summed E-state index contributed by atoms with van der Waals surface area (Å²) in [5.74, 6) is -0.217. The van der Waals surface area contributed by atoms with Crippen LogP contribution in [-0.2, 0) is 6.54 Å². The quantitative estimate of drug-likeness (QED) is 0.784. The van der Waals surface area contributed by atoms with E-state index in [1.807, 2.05) is 0 Å². The van der Waals surface area contributed by atoms with Gasteiger partial charge < -0.3 is 16.0 Å². The van der Waals surface area contributed by atoms with Gasteiger partial charge in [-0.25, -0.2) is 4.39 Å². The van der Waals surface area contributed by atoms with Gasteiger partial charge in [0.2, 0.25) is 0 Å². The molecule has 0 aromatic heterocycles. The van der Waals surface area contributed by atoms with Crippen LogP contribution in [-0.4, -0.2) is 31.1 Å². The zero-order chi connectivity index (χ0) is 12.3. The Kier molecular flexibility index (Phi) is 3.97. The summed E-state index contributed by atoms with van der Waals surface area (Å²) >= 11 is 0. The molecule has 1 fully saturated rings. The van der Waals surface area contributed by atoms with E-state index in [0.29, 0.717) is 23.8 Å². The van der Waals surface area contributed by atoms with Crippen molar-refractivity contribution in [1.29, 1.82) is 0 Å². The highest BCUT2D eigenvalue weighted by Crippen LogP contribution is 2.13. The number of nitrogens with zero attached hydrogens (tertiary/aromatic N) is 1. The van der Waals surface area contributed by atoms with Gasteiger partial charge in [-0.3, -0.25) is 0 Å². The Bertz CT molecular complexity index is 373. The Morgan fingerprint density at radius 2 is 2.12 bits per heavy atom. The summed E-state index contributed by atoms with van der Waals surface area (Å²) in [5.41, 5.74) is 6.69. The van der Waals surface area contributed by atoms with Crippen molar-refractivity contribution >= 4 is 5.69 Å². The van der Waals surface area contributed by atoms with Crippen LogP contribution in [0.4, 0.5) is 10.1 Å². The highest BCUT2D eigenvalue weighted by Gasteiger charge is 2.16. The van der Waals surface area contributed by atoms with Crippen molar-refractivity contribution in [3.8, 4) is 0 Å². The van der Waals surface area contributed by atoms with E-state index in [1.54, 1.807) is 12.1 Å². The van der Waals surface area contributed by atoms with Crippen LogP contribution in [0.15, 0.2) is 18.2 Å². The van der Waals surface area contributed by atoms with Gasteiger partial charge in [-0.15, -0.1) is 0 Å². The minimum Gasteiger partial charge on any atom is -0.399 e. The summed E-state index contributed by atoms with van der Waals surface area (Å²) in [6, 6.07) is 5.38. The highest BCUT2D eigenvalue weighted by molar-refractivity contribution is 5.40. The Morgan fingerprint density at radius 1 is 1.41 bits per heavy atom. The number of nitrogens with two attached hydrogens (primary N) is 1. The van der Waals surface area contributed by atoms with Crippen molar-refractivity contribution in [2.24, 2.45) is 0 Å². The van der Waals surface area contributed by atoms with Gasteiger partial charge in [-0.2, -0.15) is 0 Å². The lowest BCUT2D eigenvalue weighted by atomic mass is 10.1. The fourth-order valence-corrected chi connectivity index (χ4v) is 2.17. The predicted molar refractivity (Wildman–Crippen MR) is 68.2 cm³/mol. The number of nitrogen functional groups attached to an aromatic ring is 1. The number of hydrogen-bond acceptors (Lipinski definition) is 3. The molecule has 1 aliphatic heterocycles. The van der Waals surface area contributed by atoms with Gasteiger partial charge in [0.1, 0.15) is 5.82 Å². The van der Waals surface area contributed by atoms with E-state index in [4.69, 9.17) is 5.73 Å². The molecule has 1 aromatic rings. The van der Waals surface area contributed by atoms with Gasteiger partial charge in [-0.1, -0.05) is 6.07 Å². The molecule has 0 bridgehead atoms. The molecular weight excluding hydrogens is 217 g/mol. The van der Waals surface area contributed by atoms with Crippen LogP contribution < -0.4 is 11.1 Å². The van der Waals surface area contributed by atoms with Gasteiger partial charge in [0, 0.05) is 23.8 Å². The molecule has 0 saturated carbocycles. The Labute approximate surface area is 102 Å². The number of hydrogen-bond donors (Lipinski definition) is 2. The molecule has 0 amide bonds. The second kappa shape index (κ2) is 5.47. The first-order valence-electron chi connectivity index (χ1n) is 6.11. The molecule has 17 heavy (non-hydrogen) atoms. The molecule has 3 N–H and O–H groups in total. The first-order valence-corrected chi connectivity index (χ1v) is 6.11. The molecule has 94 valence electrons. The standard InChI is InChI=1S/C13H20FN3/c1-17-6-4-12(5-7-17)16-9-10-2-3-11(15)8-13(10)14/h2-3,8,12,16H,4-7,9,15H2,1H3. The molecule has 0 aliphatic carbocycles. The maximum absolute atomic E-state index is 13.5. The van der Waals surface area contributed by atoms with Crippen molar-refractivity contribution in [2.75, 3.05) is 25.9 Å². The van der Waals surface area contributed by atoms with E-state index >= 15 is 0 Å². The average Bonchev–Trinajstić information content (AvgIpc) is 2.30. The first-order chi connectivity index (χ1) is 8.15. The monoisotopic (exact) mass is 237 g/mol. The Balaban J connectivity index is 1.85. The lowest BCUT2D eigenvalue weighted by Gasteiger charge is -2.29. The summed E-state index contributed by atoms with van der Waals surface area (Å²) in [7, 11) is 2.13. The molecular formula is C13H20FN3. The third kappa shape index (κ3) is 3.41. The maximum atomic E-state index is 13.5. The van der Waals surface area contributed by atoms with Gasteiger partial charge in [0.15, 0.2) is 0 Å². The van der Waals surface area contributed by atoms with Crippen molar-refractivity contribution in [3.05, 3.63) is 29.6 Å². The lowest BCUT2D eigenvalue weighted by Crippen LogP contribution is -2.40. The number of benzene rings is 1. The number of piperidine rings is 1. The van der Waals surface area contributed by atoms with Crippen molar-refractivity contribution in [2.45, 2.75) is 25.4 Å². The molecule has 1 heterocycles. The minimum atomic E-state index is -0.217. The molecule has 2 rings (SSSR count). The summed E-state index contributed by atoms with van der Waals surface area (Å²) in [5, 5.41) is 3.41. The van der Waals surface area contributed by atoms with Crippen LogP contribution in [0.2, 0.25) is 0 Å². The van der Waals surface area contributed by atoms with E-state index in [1.165, 1.54) is 6.07 Å². The highest BCUT2D eigenvalue weighted by atomic mass is 19.1. The summed E-state index contributed by atoms with van der Waals surface area (Å²) in [4.78, 5) is 2.32. The molecule has 1 saturated heterocycles.